The zero-order chi connectivity index (χ0) is 16.9. The Bertz CT molecular complexity index is 582. The summed E-state index contributed by atoms with van der Waals surface area (Å²) in [5, 5.41) is 13.3. The maximum atomic E-state index is 12.2. The fourth-order valence-corrected chi connectivity index (χ4v) is 1.56. The Kier molecular flexibility index (Phi) is 5.39. The molecule has 1 unspecified atom stereocenters. The summed E-state index contributed by atoms with van der Waals surface area (Å²) in [5.74, 6) is -0.600. The first-order valence-corrected chi connectivity index (χ1v) is 6.45. The van der Waals surface area contributed by atoms with E-state index in [1.807, 2.05) is 20.8 Å². The van der Waals surface area contributed by atoms with Crippen LogP contribution in [0.2, 0.25) is 0 Å². The number of aromatic nitrogens is 1. The molecule has 0 radical (unpaired) electrons. The lowest BCUT2D eigenvalue weighted by atomic mass is 9.87. The predicted octanol–water partition coefficient (Wildman–Crippen LogP) is 1.23. The third-order valence-electron chi connectivity index (χ3n) is 2.93. The van der Waals surface area contributed by atoms with Gasteiger partial charge in [-0.2, -0.15) is 0 Å². The topological polar surface area (TPSA) is 137 Å². The quantitative estimate of drug-likeness (QED) is 0.619. The van der Waals surface area contributed by atoms with Gasteiger partial charge in [0.25, 0.3) is 11.6 Å². The molecule has 2 amide bonds. The van der Waals surface area contributed by atoms with Gasteiger partial charge in [0.2, 0.25) is 0 Å². The zero-order valence-corrected chi connectivity index (χ0v) is 12.5. The number of nitro groups is 1. The number of nitrogens with two attached hydrogens (primary N) is 1. The summed E-state index contributed by atoms with van der Waals surface area (Å²) < 4.78 is 4.72. The highest BCUT2D eigenvalue weighted by Gasteiger charge is 2.28. The third-order valence-corrected chi connectivity index (χ3v) is 2.93. The second-order valence-electron chi connectivity index (χ2n) is 5.68. The molecule has 9 heteroatoms. The monoisotopic (exact) mass is 310 g/mol. The van der Waals surface area contributed by atoms with Gasteiger partial charge in [0.1, 0.15) is 12.3 Å². The fraction of sp³-hybridized carbons (Fsp3) is 0.462. The molecule has 1 rings (SSSR count). The highest BCUT2D eigenvalue weighted by molar-refractivity contribution is 5.93. The van der Waals surface area contributed by atoms with E-state index in [0.29, 0.717) is 0 Å². The van der Waals surface area contributed by atoms with Crippen LogP contribution < -0.4 is 11.1 Å². The normalized spacial score (nSPS) is 12.3. The molecule has 22 heavy (non-hydrogen) atoms. The Balaban J connectivity index is 2.88. The standard InChI is InChI=1S/C13H18N4O5/c1-13(2,3)10(7-22-12(14)19)16-11(18)9-6-8(17(20)21)4-5-15-9/h4-6,10H,7H2,1-3H3,(H2,14,19)(H,16,18). The number of ether oxygens (including phenoxy) is 1. The molecule has 0 aliphatic heterocycles. The van der Waals surface area contributed by atoms with Crippen LogP contribution in [-0.4, -0.2) is 34.6 Å². The number of hydrogen-bond acceptors (Lipinski definition) is 6. The SMILES string of the molecule is CC(C)(C)C(COC(N)=O)NC(=O)c1cc([N+](=O)[O-])ccn1. The molecule has 0 spiro atoms. The van der Waals surface area contributed by atoms with Crippen molar-refractivity contribution in [1.29, 1.82) is 0 Å². The molecule has 1 aromatic rings. The first-order chi connectivity index (χ1) is 10.1. The number of pyridine rings is 1. The lowest BCUT2D eigenvalue weighted by Crippen LogP contribution is -2.47. The maximum absolute atomic E-state index is 12.2. The number of nitrogens with one attached hydrogen (secondary N) is 1. The Labute approximate surface area is 127 Å². The molecule has 9 nitrogen and oxygen atoms in total. The first-order valence-electron chi connectivity index (χ1n) is 6.45. The Morgan fingerprint density at radius 3 is 2.64 bits per heavy atom. The number of amides is 2. The second kappa shape index (κ2) is 6.83. The van der Waals surface area contributed by atoms with Crippen molar-refractivity contribution in [2.24, 2.45) is 11.1 Å². The average molecular weight is 310 g/mol. The van der Waals surface area contributed by atoms with Crippen molar-refractivity contribution in [3.63, 3.8) is 0 Å². The van der Waals surface area contributed by atoms with Gasteiger partial charge in [-0.3, -0.25) is 19.9 Å². The minimum absolute atomic E-state index is 0.0949. The van der Waals surface area contributed by atoms with Crippen LogP contribution in [0.1, 0.15) is 31.3 Å². The summed E-state index contributed by atoms with van der Waals surface area (Å²) in [5.41, 5.74) is 4.16. The van der Waals surface area contributed by atoms with E-state index in [1.165, 1.54) is 12.3 Å². The summed E-state index contributed by atoms with van der Waals surface area (Å²) in [6.07, 6.45) is 0.232. The average Bonchev–Trinajstić information content (AvgIpc) is 2.41. The summed E-state index contributed by atoms with van der Waals surface area (Å²) in [4.78, 5) is 36.8. The number of primary amides is 1. The van der Waals surface area contributed by atoms with Crippen LogP contribution in [-0.2, 0) is 4.74 Å². The lowest BCUT2D eigenvalue weighted by molar-refractivity contribution is -0.385. The van der Waals surface area contributed by atoms with Crippen LogP contribution in [0.3, 0.4) is 0 Å². The summed E-state index contributed by atoms with van der Waals surface area (Å²) in [6, 6.07) is 1.73. The van der Waals surface area contributed by atoms with E-state index in [4.69, 9.17) is 10.5 Å². The van der Waals surface area contributed by atoms with Crippen molar-refractivity contribution < 1.29 is 19.2 Å². The summed E-state index contributed by atoms with van der Waals surface area (Å²) in [6.45, 7) is 5.40. The number of carbonyl (C=O) groups excluding carboxylic acids is 2. The van der Waals surface area contributed by atoms with Crippen LogP contribution in [0.4, 0.5) is 10.5 Å². The van der Waals surface area contributed by atoms with Crippen molar-refractivity contribution in [3.8, 4) is 0 Å². The lowest BCUT2D eigenvalue weighted by Gasteiger charge is -2.30. The van der Waals surface area contributed by atoms with Crippen molar-refractivity contribution in [3.05, 3.63) is 34.1 Å². The van der Waals surface area contributed by atoms with E-state index in [9.17, 15) is 19.7 Å². The molecule has 0 fully saturated rings. The third kappa shape index (κ3) is 5.00. The molecular formula is C13H18N4O5. The van der Waals surface area contributed by atoms with Gasteiger partial charge in [-0.1, -0.05) is 20.8 Å². The molecule has 0 saturated heterocycles. The molecule has 120 valence electrons. The fourth-order valence-electron chi connectivity index (χ4n) is 1.56. The molecule has 0 saturated carbocycles. The van der Waals surface area contributed by atoms with Gasteiger partial charge in [-0.25, -0.2) is 4.79 Å². The van der Waals surface area contributed by atoms with Crippen LogP contribution in [0.25, 0.3) is 0 Å². The second-order valence-corrected chi connectivity index (χ2v) is 5.68. The van der Waals surface area contributed by atoms with Gasteiger partial charge in [0.15, 0.2) is 0 Å². The summed E-state index contributed by atoms with van der Waals surface area (Å²) in [7, 11) is 0. The van der Waals surface area contributed by atoms with Crippen LogP contribution in [0.5, 0.6) is 0 Å². The predicted molar refractivity (Wildman–Crippen MR) is 77.1 cm³/mol. The Morgan fingerprint density at radius 1 is 1.50 bits per heavy atom. The maximum Gasteiger partial charge on any atom is 0.404 e. The van der Waals surface area contributed by atoms with Gasteiger partial charge in [0, 0.05) is 18.3 Å². The smallest absolute Gasteiger partial charge is 0.404 e. The molecule has 0 aliphatic rings. The van der Waals surface area contributed by atoms with Gasteiger partial charge >= 0.3 is 6.09 Å². The molecule has 1 heterocycles. The summed E-state index contributed by atoms with van der Waals surface area (Å²) >= 11 is 0. The largest absolute Gasteiger partial charge is 0.448 e. The van der Waals surface area contributed by atoms with Gasteiger partial charge in [0.05, 0.1) is 11.0 Å². The van der Waals surface area contributed by atoms with E-state index in [-0.39, 0.29) is 18.0 Å². The van der Waals surface area contributed by atoms with Gasteiger partial charge in [-0.05, 0) is 5.41 Å². The Hall–Kier alpha value is -2.71. The molecule has 0 bridgehead atoms. The molecule has 0 aromatic carbocycles. The minimum Gasteiger partial charge on any atom is -0.448 e. The first kappa shape index (κ1) is 17.3. The van der Waals surface area contributed by atoms with Crippen molar-refractivity contribution in [2.45, 2.75) is 26.8 Å². The van der Waals surface area contributed by atoms with Crippen molar-refractivity contribution in [1.82, 2.24) is 10.3 Å². The molecule has 0 aliphatic carbocycles. The molecular weight excluding hydrogens is 292 g/mol. The highest BCUT2D eigenvalue weighted by atomic mass is 16.6. The van der Waals surface area contributed by atoms with E-state index in [1.54, 1.807) is 0 Å². The molecule has 1 aromatic heterocycles. The highest BCUT2D eigenvalue weighted by Crippen LogP contribution is 2.20. The number of nitrogens with zero attached hydrogens (tertiary/aromatic N) is 2. The van der Waals surface area contributed by atoms with E-state index in [0.717, 1.165) is 6.07 Å². The zero-order valence-electron chi connectivity index (χ0n) is 12.5. The molecule has 3 N–H and O–H groups in total. The number of hydrogen-bond donors (Lipinski definition) is 2. The minimum atomic E-state index is -0.947. The van der Waals surface area contributed by atoms with Crippen LogP contribution >= 0.6 is 0 Å². The molecule has 1 atom stereocenters. The van der Waals surface area contributed by atoms with Gasteiger partial charge in [-0.15, -0.1) is 0 Å². The van der Waals surface area contributed by atoms with E-state index in [2.05, 4.69) is 10.3 Å². The van der Waals surface area contributed by atoms with Crippen molar-refractivity contribution >= 4 is 17.7 Å². The van der Waals surface area contributed by atoms with E-state index < -0.39 is 28.4 Å². The van der Waals surface area contributed by atoms with E-state index >= 15 is 0 Å². The van der Waals surface area contributed by atoms with Crippen LogP contribution in [0.15, 0.2) is 18.3 Å². The number of carbonyl (C=O) groups is 2. The van der Waals surface area contributed by atoms with Crippen LogP contribution in [0, 0.1) is 15.5 Å². The number of rotatable bonds is 5. The van der Waals surface area contributed by atoms with Crippen molar-refractivity contribution in [2.75, 3.05) is 6.61 Å². The Morgan fingerprint density at radius 2 is 2.14 bits per heavy atom. The van der Waals surface area contributed by atoms with Gasteiger partial charge < -0.3 is 15.8 Å².